The van der Waals surface area contributed by atoms with Crippen LogP contribution < -0.4 is 39.6 Å². The first-order chi connectivity index (χ1) is 14.7. The van der Waals surface area contributed by atoms with Crippen LogP contribution in [-0.2, 0) is 21.2 Å². The van der Waals surface area contributed by atoms with Gasteiger partial charge in [0.15, 0.2) is 0 Å². The Balaban J connectivity index is 0.000000639. The fourth-order valence-corrected chi connectivity index (χ4v) is 3.14. The molecule has 32 heavy (non-hydrogen) atoms. The Labute approximate surface area is 219 Å². The van der Waals surface area contributed by atoms with Gasteiger partial charge < -0.3 is 24.1 Å². The summed E-state index contributed by atoms with van der Waals surface area (Å²) in [5, 5.41) is 12.9. The maximum Gasteiger partial charge on any atom is 1.00 e. The molecule has 0 spiro atoms. The van der Waals surface area contributed by atoms with E-state index in [0.29, 0.717) is 19.2 Å². The van der Waals surface area contributed by atoms with Gasteiger partial charge in [0.1, 0.15) is 28.5 Å². The number of rotatable bonds is 11. The van der Waals surface area contributed by atoms with Crippen LogP contribution in [0.2, 0.25) is 0 Å². The number of nitrogens with zero attached hydrogens (tertiary/aromatic N) is 1. The third-order valence-electron chi connectivity index (χ3n) is 4.13. The van der Waals surface area contributed by atoms with Crippen LogP contribution in [0.25, 0.3) is 4.24 Å². The topological polar surface area (TPSA) is 99.0 Å². The van der Waals surface area contributed by atoms with E-state index in [1.807, 2.05) is 45.0 Å². The monoisotopic (exact) mass is 494 g/mol. The summed E-state index contributed by atoms with van der Waals surface area (Å²) in [5.41, 5.74) is 2.21. The van der Waals surface area contributed by atoms with Gasteiger partial charge in [-0.3, -0.25) is 11.8 Å². The predicted molar refractivity (Wildman–Crippen MR) is 124 cm³/mol. The number of hydrogen-bond donors (Lipinski definition) is 2. The van der Waals surface area contributed by atoms with Crippen molar-refractivity contribution in [2.24, 2.45) is 0 Å². The van der Waals surface area contributed by atoms with Crippen molar-refractivity contribution in [1.29, 1.82) is 0 Å². The standard InChI is InChI=1S/C15H25NO3.C7H7ClNO2S.Na/c1-12(2)16-10-14(17)11-19-15-6-4-13(5-7-15)8-9-18-3;1-6-2-4-7(5-3-6)12(10,11)9-8;/h4-7,12,14,16-17H,8-11H2,1-3H3;2-5H,1H3;/q;-1;+1. The number of methoxy groups -OCH3 is 1. The van der Waals surface area contributed by atoms with Crippen molar-refractivity contribution in [3.8, 4) is 5.75 Å². The molecule has 0 aliphatic rings. The molecule has 0 aromatic heterocycles. The number of ether oxygens (including phenoxy) is 2. The summed E-state index contributed by atoms with van der Waals surface area (Å²) in [5.74, 6) is 0.782. The number of nitrogens with one attached hydrogen (secondary N) is 1. The molecule has 174 valence electrons. The maximum atomic E-state index is 11.0. The van der Waals surface area contributed by atoms with Gasteiger partial charge in [0, 0.05) is 24.6 Å². The largest absolute Gasteiger partial charge is 1.00 e. The molecule has 1 atom stereocenters. The van der Waals surface area contributed by atoms with Gasteiger partial charge in [-0.05, 0) is 43.2 Å². The molecule has 2 N–H and O–H groups in total. The summed E-state index contributed by atoms with van der Waals surface area (Å²) in [4.78, 5) is 0.114. The Morgan fingerprint density at radius 3 is 2.19 bits per heavy atom. The van der Waals surface area contributed by atoms with Crippen molar-refractivity contribution in [2.75, 3.05) is 26.9 Å². The number of aliphatic hydroxyl groups excluding tert-OH is 1. The van der Waals surface area contributed by atoms with E-state index in [1.54, 1.807) is 19.2 Å². The van der Waals surface area contributed by atoms with E-state index in [2.05, 4.69) is 9.56 Å². The van der Waals surface area contributed by atoms with Crippen LogP contribution in [0, 0.1) is 6.92 Å². The Hall–Kier alpha value is -0.680. The normalized spacial score (nSPS) is 11.8. The van der Waals surface area contributed by atoms with Crippen LogP contribution in [0.4, 0.5) is 0 Å². The third-order valence-corrected chi connectivity index (χ3v) is 5.73. The molecule has 0 amide bonds. The number of sulfonamides is 1. The first-order valence-electron chi connectivity index (χ1n) is 9.95. The molecule has 1 unspecified atom stereocenters. The molecule has 0 saturated heterocycles. The van der Waals surface area contributed by atoms with Crippen LogP contribution in [0.1, 0.15) is 25.0 Å². The van der Waals surface area contributed by atoms with Gasteiger partial charge >= 0.3 is 29.6 Å². The molecule has 0 aliphatic heterocycles. The van der Waals surface area contributed by atoms with E-state index < -0.39 is 16.1 Å². The second-order valence-corrected chi connectivity index (χ2v) is 9.25. The van der Waals surface area contributed by atoms with E-state index in [-0.39, 0.29) is 34.5 Å². The Morgan fingerprint density at radius 2 is 1.69 bits per heavy atom. The van der Waals surface area contributed by atoms with Crippen molar-refractivity contribution in [1.82, 2.24) is 5.32 Å². The SMILES string of the molecule is COCCc1ccc(OCC(O)CNC(C)C)cc1.Cc1ccc(S(=O)(=O)[N-]Cl)cc1.[Na+]. The first kappa shape index (κ1) is 31.3. The molecule has 2 aromatic rings. The molecular weight excluding hydrogens is 463 g/mol. The van der Waals surface area contributed by atoms with Crippen molar-refractivity contribution >= 4 is 21.8 Å². The van der Waals surface area contributed by atoms with E-state index in [0.717, 1.165) is 24.3 Å². The second-order valence-electron chi connectivity index (χ2n) is 7.27. The van der Waals surface area contributed by atoms with Gasteiger partial charge in [-0.25, -0.2) is 8.42 Å². The summed E-state index contributed by atoms with van der Waals surface area (Å²) in [7, 11) is -1.93. The molecule has 0 fully saturated rings. The predicted octanol–water partition coefficient (Wildman–Crippen LogP) is 0.828. The number of hydrogen-bond acceptors (Lipinski definition) is 6. The fraction of sp³-hybridized carbons (Fsp3) is 0.455. The van der Waals surface area contributed by atoms with Gasteiger partial charge in [-0.1, -0.05) is 43.7 Å². The number of aryl methyl sites for hydroxylation is 1. The zero-order chi connectivity index (χ0) is 23.3. The maximum absolute atomic E-state index is 11.0. The van der Waals surface area contributed by atoms with E-state index in [4.69, 9.17) is 21.3 Å². The summed E-state index contributed by atoms with van der Waals surface area (Å²) in [6.45, 7) is 7.54. The van der Waals surface area contributed by atoms with Crippen LogP contribution in [0.3, 0.4) is 0 Å². The van der Waals surface area contributed by atoms with Crippen molar-refractivity contribution in [2.45, 2.75) is 44.2 Å². The molecule has 2 rings (SSSR count). The smallest absolute Gasteiger partial charge is 0.491 e. The first-order valence-corrected chi connectivity index (χ1v) is 11.7. The molecule has 10 heteroatoms. The van der Waals surface area contributed by atoms with Gasteiger partial charge in [0.25, 0.3) is 0 Å². The summed E-state index contributed by atoms with van der Waals surface area (Å²) >= 11 is 4.90. The van der Waals surface area contributed by atoms with Crippen LogP contribution in [-0.4, -0.2) is 52.5 Å². The average molecular weight is 495 g/mol. The van der Waals surface area contributed by atoms with E-state index >= 15 is 0 Å². The average Bonchev–Trinajstić information content (AvgIpc) is 2.76. The zero-order valence-electron chi connectivity index (χ0n) is 19.4. The minimum atomic E-state index is -3.62. The number of halogens is 1. The third kappa shape index (κ3) is 13.1. The minimum absolute atomic E-state index is 0. The molecule has 0 radical (unpaired) electrons. The summed E-state index contributed by atoms with van der Waals surface area (Å²) in [6, 6.07) is 14.6. The quantitative estimate of drug-likeness (QED) is 0.449. The molecule has 2 aromatic carbocycles. The van der Waals surface area contributed by atoms with Gasteiger partial charge in [-0.15, -0.1) is 0 Å². The molecule has 0 bridgehead atoms. The van der Waals surface area contributed by atoms with Gasteiger partial charge in [0.2, 0.25) is 0 Å². The Bertz CT molecular complexity index is 850. The van der Waals surface area contributed by atoms with Crippen LogP contribution in [0.5, 0.6) is 5.75 Å². The Kier molecular flexibility index (Phi) is 16.5. The molecule has 7 nitrogen and oxygen atoms in total. The van der Waals surface area contributed by atoms with Crippen LogP contribution in [0.15, 0.2) is 53.4 Å². The van der Waals surface area contributed by atoms with Crippen molar-refractivity contribution in [3.63, 3.8) is 0 Å². The number of aliphatic hydroxyl groups is 1. The summed E-state index contributed by atoms with van der Waals surface area (Å²) in [6.07, 6.45) is 0.410. The van der Waals surface area contributed by atoms with E-state index in [9.17, 15) is 13.5 Å². The Morgan fingerprint density at radius 1 is 1.09 bits per heavy atom. The fourth-order valence-electron chi connectivity index (χ4n) is 2.35. The van der Waals surface area contributed by atoms with Crippen LogP contribution >= 0.6 is 11.8 Å². The van der Waals surface area contributed by atoms with Crippen molar-refractivity contribution < 1.29 is 52.6 Å². The molecule has 0 aliphatic carbocycles. The van der Waals surface area contributed by atoms with E-state index in [1.165, 1.54) is 17.7 Å². The molecular formula is C22H32ClN2NaO5S. The molecule has 0 saturated carbocycles. The number of benzene rings is 2. The van der Waals surface area contributed by atoms with Gasteiger partial charge in [-0.2, -0.15) is 0 Å². The van der Waals surface area contributed by atoms with Crippen molar-refractivity contribution in [3.05, 3.63) is 63.9 Å². The second kappa shape index (κ2) is 16.9. The zero-order valence-corrected chi connectivity index (χ0v) is 23.0. The summed E-state index contributed by atoms with van der Waals surface area (Å²) < 4.78 is 35.4. The minimum Gasteiger partial charge on any atom is -0.491 e. The van der Waals surface area contributed by atoms with Gasteiger partial charge in [0.05, 0.1) is 6.61 Å². The molecule has 0 heterocycles.